The molecule has 1 unspecified atom stereocenters. The highest BCUT2D eigenvalue weighted by atomic mass is 15.1. The molecule has 0 amide bonds. The van der Waals surface area contributed by atoms with Crippen molar-refractivity contribution in [2.24, 2.45) is 22.3 Å². The van der Waals surface area contributed by atoms with E-state index in [1.165, 1.54) is 12.1 Å². The minimum Gasteiger partial charge on any atom is -0.323 e. The van der Waals surface area contributed by atoms with Gasteiger partial charge in [0.15, 0.2) is 0 Å². The van der Waals surface area contributed by atoms with Gasteiger partial charge in [-0.25, -0.2) is 0 Å². The molecule has 0 aromatic heterocycles. The van der Waals surface area contributed by atoms with E-state index in [0.717, 1.165) is 12.8 Å². The van der Waals surface area contributed by atoms with Gasteiger partial charge in [0.25, 0.3) is 0 Å². The maximum absolute atomic E-state index is 5.31. The van der Waals surface area contributed by atoms with Crippen molar-refractivity contribution >= 4 is 5.71 Å². The molecule has 0 radical (unpaired) electrons. The van der Waals surface area contributed by atoms with Gasteiger partial charge in [-0.2, -0.15) is 5.10 Å². The molecule has 0 heterocycles. The van der Waals surface area contributed by atoms with Crippen LogP contribution in [0.3, 0.4) is 0 Å². The minimum atomic E-state index is 0.480. The van der Waals surface area contributed by atoms with Gasteiger partial charge in [-0.1, -0.05) is 27.2 Å². The summed E-state index contributed by atoms with van der Waals surface area (Å²) < 4.78 is 0. The summed E-state index contributed by atoms with van der Waals surface area (Å²) in [6.45, 7) is 6.72. The van der Waals surface area contributed by atoms with Crippen LogP contribution in [0.25, 0.3) is 0 Å². The molecule has 2 nitrogen and oxygen atoms in total. The lowest BCUT2D eigenvalue weighted by atomic mass is 10.0. The van der Waals surface area contributed by atoms with Crippen molar-refractivity contribution in [2.45, 2.75) is 40.0 Å². The Morgan fingerprint density at radius 1 is 1.64 bits per heavy atom. The van der Waals surface area contributed by atoms with Crippen molar-refractivity contribution < 1.29 is 0 Å². The van der Waals surface area contributed by atoms with Crippen molar-refractivity contribution in [2.75, 3.05) is 0 Å². The van der Waals surface area contributed by atoms with Gasteiger partial charge >= 0.3 is 0 Å². The molecule has 11 heavy (non-hydrogen) atoms. The van der Waals surface area contributed by atoms with Crippen LogP contribution < -0.4 is 5.84 Å². The molecule has 0 bridgehead atoms. The van der Waals surface area contributed by atoms with E-state index in [-0.39, 0.29) is 0 Å². The second kappa shape index (κ2) is 2.84. The largest absolute Gasteiger partial charge is 0.323 e. The van der Waals surface area contributed by atoms with Crippen molar-refractivity contribution in [1.29, 1.82) is 0 Å². The first kappa shape index (κ1) is 8.57. The molecule has 1 rings (SSSR count). The summed E-state index contributed by atoms with van der Waals surface area (Å²) in [4.78, 5) is 0. The summed E-state index contributed by atoms with van der Waals surface area (Å²) in [6, 6.07) is 0. The summed E-state index contributed by atoms with van der Waals surface area (Å²) in [6.07, 6.45) is 3.50. The standard InChI is InChI=1S/C9H18N2/c1-4-5-8(11-10)7-6-9(7,2)3/h7H,4-6,10H2,1-3H3/b11-8-. The van der Waals surface area contributed by atoms with Gasteiger partial charge in [0.05, 0.1) is 0 Å². The maximum atomic E-state index is 5.31. The predicted octanol–water partition coefficient (Wildman–Crippen LogP) is 2.15. The van der Waals surface area contributed by atoms with E-state index >= 15 is 0 Å². The lowest BCUT2D eigenvalue weighted by Gasteiger charge is -2.04. The van der Waals surface area contributed by atoms with E-state index in [9.17, 15) is 0 Å². The number of rotatable bonds is 3. The van der Waals surface area contributed by atoms with Crippen LogP contribution in [0.1, 0.15) is 40.0 Å². The van der Waals surface area contributed by atoms with Crippen LogP contribution in [0.4, 0.5) is 0 Å². The molecule has 0 aromatic rings. The smallest absolute Gasteiger partial charge is 0.0412 e. The van der Waals surface area contributed by atoms with Gasteiger partial charge in [0, 0.05) is 11.6 Å². The highest BCUT2D eigenvalue weighted by Crippen LogP contribution is 2.52. The van der Waals surface area contributed by atoms with Gasteiger partial charge in [-0.3, -0.25) is 0 Å². The number of hydrazone groups is 1. The minimum absolute atomic E-state index is 0.480. The molecule has 0 aromatic carbocycles. The second-order valence-electron chi connectivity index (χ2n) is 4.12. The molecule has 1 aliphatic carbocycles. The molecule has 1 atom stereocenters. The molecule has 1 saturated carbocycles. The van der Waals surface area contributed by atoms with Gasteiger partial charge in [0.2, 0.25) is 0 Å². The van der Waals surface area contributed by atoms with E-state index in [4.69, 9.17) is 5.84 Å². The summed E-state index contributed by atoms with van der Waals surface area (Å²) in [7, 11) is 0. The average Bonchev–Trinajstić information content (AvgIpc) is 2.55. The summed E-state index contributed by atoms with van der Waals surface area (Å²) >= 11 is 0. The molecule has 0 saturated heterocycles. The molecule has 64 valence electrons. The van der Waals surface area contributed by atoms with Crippen LogP contribution in [0.2, 0.25) is 0 Å². The maximum Gasteiger partial charge on any atom is 0.0412 e. The molecule has 1 aliphatic rings. The van der Waals surface area contributed by atoms with Crippen molar-refractivity contribution in [3.8, 4) is 0 Å². The molecule has 0 spiro atoms. The van der Waals surface area contributed by atoms with Crippen LogP contribution in [-0.4, -0.2) is 5.71 Å². The monoisotopic (exact) mass is 154 g/mol. The third kappa shape index (κ3) is 1.73. The predicted molar refractivity (Wildman–Crippen MR) is 48.4 cm³/mol. The third-order valence-corrected chi connectivity index (χ3v) is 2.59. The Labute approximate surface area is 68.9 Å². The fraction of sp³-hybridized carbons (Fsp3) is 0.889. The first-order valence-electron chi connectivity index (χ1n) is 4.38. The van der Waals surface area contributed by atoms with Crippen LogP contribution in [0.15, 0.2) is 5.10 Å². The van der Waals surface area contributed by atoms with Crippen LogP contribution in [0.5, 0.6) is 0 Å². The molecule has 2 heteroatoms. The van der Waals surface area contributed by atoms with E-state index in [0.29, 0.717) is 11.3 Å². The Balaban J connectivity index is 2.47. The molecular formula is C9H18N2. The summed E-state index contributed by atoms with van der Waals surface area (Å²) in [5.74, 6) is 5.98. The molecule has 0 aliphatic heterocycles. The first-order valence-corrected chi connectivity index (χ1v) is 4.38. The van der Waals surface area contributed by atoms with E-state index in [2.05, 4.69) is 25.9 Å². The zero-order chi connectivity index (χ0) is 8.48. The normalized spacial score (nSPS) is 28.6. The van der Waals surface area contributed by atoms with Crippen LogP contribution in [-0.2, 0) is 0 Å². The highest BCUT2D eigenvalue weighted by Gasteiger charge is 2.48. The Kier molecular flexibility index (Phi) is 2.21. The number of nitrogens with two attached hydrogens (primary N) is 1. The van der Waals surface area contributed by atoms with Crippen molar-refractivity contribution in [3.05, 3.63) is 0 Å². The van der Waals surface area contributed by atoms with Crippen molar-refractivity contribution in [3.63, 3.8) is 0 Å². The quantitative estimate of drug-likeness (QED) is 0.377. The molecular weight excluding hydrogens is 136 g/mol. The fourth-order valence-electron chi connectivity index (χ4n) is 1.62. The first-order chi connectivity index (χ1) is 5.11. The zero-order valence-electron chi connectivity index (χ0n) is 7.72. The van der Waals surface area contributed by atoms with Crippen molar-refractivity contribution in [1.82, 2.24) is 0 Å². The van der Waals surface area contributed by atoms with Crippen LogP contribution in [0, 0.1) is 11.3 Å². The Hall–Kier alpha value is -0.530. The van der Waals surface area contributed by atoms with E-state index < -0.39 is 0 Å². The van der Waals surface area contributed by atoms with Gasteiger partial charge in [-0.15, -0.1) is 0 Å². The summed E-state index contributed by atoms with van der Waals surface area (Å²) in [5.41, 5.74) is 1.70. The highest BCUT2D eigenvalue weighted by molar-refractivity contribution is 5.89. The van der Waals surface area contributed by atoms with E-state index in [1.807, 2.05) is 0 Å². The number of hydrogen-bond acceptors (Lipinski definition) is 2. The SMILES string of the molecule is CCC/C(=N/N)C1CC1(C)C. The molecule has 1 fully saturated rings. The number of nitrogens with zero attached hydrogens (tertiary/aromatic N) is 1. The lowest BCUT2D eigenvalue weighted by Crippen LogP contribution is -2.08. The van der Waals surface area contributed by atoms with Gasteiger partial charge < -0.3 is 5.84 Å². The Bertz CT molecular complexity index is 170. The third-order valence-electron chi connectivity index (χ3n) is 2.59. The fourth-order valence-corrected chi connectivity index (χ4v) is 1.62. The molecule has 2 N–H and O–H groups in total. The number of hydrogen-bond donors (Lipinski definition) is 1. The Morgan fingerprint density at radius 3 is 2.45 bits per heavy atom. The average molecular weight is 154 g/mol. The van der Waals surface area contributed by atoms with E-state index in [1.54, 1.807) is 0 Å². The summed E-state index contributed by atoms with van der Waals surface area (Å²) in [5, 5.41) is 3.85. The second-order valence-corrected chi connectivity index (χ2v) is 4.12. The lowest BCUT2D eigenvalue weighted by molar-refractivity contribution is 0.616. The Morgan fingerprint density at radius 2 is 2.18 bits per heavy atom. The topological polar surface area (TPSA) is 38.4 Å². The van der Waals surface area contributed by atoms with Crippen LogP contribution >= 0.6 is 0 Å². The zero-order valence-corrected chi connectivity index (χ0v) is 7.72. The van der Waals surface area contributed by atoms with Gasteiger partial charge in [0.1, 0.15) is 0 Å². The van der Waals surface area contributed by atoms with Gasteiger partial charge in [-0.05, 0) is 18.3 Å².